The van der Waals surface area contributed by atoms with Gasteiger partial charge in [-0.1, -0.05) is 13.3 Å². The molecule has 0 N–H and O–H groups in total. The average molecular weight is 263 g/mol. The summed E-state index contributed by atoms with van der Waals surface area (Å²) in [5.41, 5.74) is 0.0569. The van der Waals surface area contributed by atoms with Crippen LogP contribution in [0.3, 0.4) is 0 Å². The Balaban J connectivity index is 1.96. The standard InChI is InChI=1S/C16H25NO2/c1-2-5-12-13-6-3-7-15(19)17-11-4-9-16(13,17)10-8-14(12)18/h12-13H,2-11H2,1H3/t12-,13+,16-/m1/s1. The van der Waals surface area contributed by atoms with Gasteiger partial charge in [-0.3, -0.25) is 9.59 Å². The van der Waals surface area contributed by atoms with Crippen LogP contribution in [0.4, 0.5) is 0 Å². The minimum atomic E-state index is 0.0569. The van der Waals surface area contributed by atoms with Crippen molar-refractivity contribution >= 4 is 11.7 Å². The van der Waals surface area contributed by atoms with Crippen LogP contribution in [-0.4, -0.2) is 28.7 Å². The van der Waals surface area contributed by atoms with E-state index < -0.39 is 0 Å². The summed E-state index contributed by atoms with van der Waals surface area (Å²) < 4.78 is 0. The first-order valence-corrected chi connectivity index (χ1v) is 8.02. The van der Waals surface area contributed by atoms with Gasteiger partial charge in [0.15, 0.2) is 0 Å². The molecule has 2 aliphatic heterocycles. The molecule has 0 bridgehead atoms. The summed E-state index contributed by atoms with van der Waals surface area (Å²) in [6.45, 7) is 3.10. The van der Waals surface area contributed by atoms with Crippen LogP contribution < -0.4 is 0 Å². The molecule has 0 aromatic rings. The number of carbonyl (C=O) groups excluding carboxylic acids is 2. The highest BCUT2D eigenvalue weighted by atomic mass is 16.2. The zero-order valence-electron chi connectivity index (χ0n) is 12.0. The van der Waals surface area contributed by atoms with Crippen molar-refractivity contribution < 1.29 is 9.59 Å². The smallest absolute Gasteiger partial charge is 0.223 e. The van der Waals surface area contributed by atoms with Gasteiger partial charge in [-0.25, -0.2) is 0 Å². The fourth-order valence-electron chi connectivity index (χ4n) is 4.98. The molecule has 0 radical (unpaired) electrons. The number of rotatable bonds is 2. The normalized spacial score (nSPS) is 38.9. The fourth-order valence-corrected chi connectivity index (χ4v) is 4.98. The molecule has 3 heteroatoms. The van der Waals surface area contributed by atoms with Crippen molar-refractivity contribution in [2.24, 2.45) is 11.8 Å². The summed E-state index contributed by atoms with van der Waals surface area (Å²) in [5, 5.41) is 0. The lowest BCUT2D eigenvalue weighted by atomic mass is 9.63. The van der Waals surface area contributed by atoms with Crippen LogP contribution in [-0.2, 0) is 9.59 Å². The van der Waals surface area contributed by atoms with Crippen molar-refractivity contribution in [1.29, 1.82) is 0 Å². The van der Waals surface area contributed by atoms with Gasteiger partial charge in [-0.05, 0) is 44.4 Å². The van der Waals surface area contributed by atoms with Crippen LogP contribution in [0.25, 0.3) is 0 Å². The van der Waals surface area contributed by atoms with E-state index >= 15 is 0 Å². The number of hydrogen-bond donors (Lipinski definition) is 0. The van der Waals surface area contributed by atoms with Gasteiger partial charge in [-0.2, -0.15) is 0 Å². The summed E-state index contributed by atoms with van der Waals surface area (Å²) in [6.07, 6.45) is 8.77. The minimum Gasteiger partial charge on any atom is -0.337 e. The molecule has 3 atom stereocenters. The summed E-state index contributed by atoms with van der Waals surface area (Å²) in [5.74, 6) is 1.50. The Morgan fingerprint density at radius 1 is 1.21 bits per heavy atom. The maximum Gasteiger partial charge on any atom is 0.223 e. The number of ketones is 1. The van der Waals surface area contributed by atoms with Crippen molar-refractivity contribution in [2.75, 3.05) is 6.54 Å². The maximum absolute atomic E-state index is 12.3. The Morgan fingerprint density at radius 2 is 2.05 bits per heavy atom. The van der Waals surface area contributed by atoms with Gasteiger partial charge in [0.25, 0.3) is 0 Å². The molecule has 0 unspecified atom stereocenters. The number of carbonyl (C=O) groups is 2. The minimum absolute atomic E-state index is 0.0569. The van der Waals surface area contributed by atoms with E-state index in [0.717, 1.165) is 51.5 Å². The highest BCUT2D eigenvalue weighted by molar-refractivity contribution is 5.84. The lowest BCUT2D eigenvalue weighted by Gasteiger charge is -2.49. The first-order valence-electron chi connectivity index (χ1n) is 8.02. The van der Waals surface area contributed by atoms with Crippen molar-refractivity contribution in [3.8, 4) is 0 Å². The molecular formula is C16H25NO2. The highest BCUT2D eigenvalue weighted by Crippen LogP contribution is 2.51. The quantitative estimate of drug-likeness (QED) is 0.768. The third kappa shape index (κ3) is 1.93. The Kier molecular flexibility index (Phi) is 3.40. The second-order valence-corrected chi connectivity index (χ2v) is 6.61. The number of hydrogen-bond acceptors (Lipinski definition) is 2. The largest absolute Gasteiger partial charge is 0.337 e. The molecule has 2 heterocycles. The van der Waals surface area contributed by atoms with Crippen molar-refractivity contribution in [3.63, 3.8) is 0 Å². The van der Waals surface area contributed by atoms with Gasteiger partial charge < -0.3 is 4.90 Å². The van der Waals surface area contributed by atoms with Gasteiger partial charge in [0.05, 0.1) is 0 Å². The van der Waals surface area contributed by atoms with E-state index in [4.69, 9.17) is 0 Å². The summed E-state index contributed by atoms with van der Waals surface area (Å²) >= 11 is 0. The van der Waals surface area contributed by atoms with Crippen molar-refractivity contribution in [1.82, 2.24) is 4.90 Å². The number of amides is 1. The Labute approximate surface area is 115 Å². The van der Waals surface area contributed by atoms with Crippen LogP contribution in [0, 0.1) is 11.8 Å². The van der Waals surface area contributed by atoms with Crippen molar-refractivity contribution in [3.05, 3.63) is 0 Å². The molecule has 106 valence electrons. The summed E-state index contributed by atoms with van der Waals surface area (Å²) in [7, 11) is 0. The zero-order valence-corrected chi connectivity index (χ0v) is 12.0. The van der Waals surface area contributed by atoms with E-state index in [0.29, 0.717) is 30.4 Å². The second kappa shape index (κ2) is 4.92. The molecule has 2 saturated heterocycles. The van der Waals surface area contributed by atoms with Gasteiger partial charge in [0, 0.05) is 30.8 Å². The molecule has 1 aliphatic carbocycles. The molecule has 3 fully saturated rings. The van der Waals surface area contributed by atoms with Crippen LogP contribution in [0.2, 0.25) is 0 Å². The Hall–Kier alpha value is -0.860. The fraction of sp³-hybridized carbons (Fsp3) is 0.875. The van der Waals surface area contributed by atoms with Crippen LogP contribution in [0.15, 0.2) is 0 Å². The first kappa shape index (κ1) is 13.1. The van der Waals surface area contributed by atoms with E-state index in [2.05, 4.69) is 11.8 Å². The highest BCUT2D eigenvalue weighted by Gasteiger charge is 2.55. The van der Waals surface area contributed by atoms with Crippen molar-refractivity contribution in [2.45, 2.75) is 70.3 Å². The topological polar surface area (TPSA) is 37.4 Å². The summed E-state index contributed by atoms with van der Waals surface area (Å²) in [6, 6.07) is 0. The molecular weight excluding hydrogens is 238 g/mol. The SMILES string of the molecule is CCC[C@H]1C(=O)CC[C@@]23CCCN2C(=O)CCC[C@@H]13. The van der Waals surface area contributed by atoms with Crippen LogP contribution >= 0.6 is 0 Å². The molecule has 3 aliphatic rings. The van der Waals surface area contributed by atoms with E-state index in [1.165, 1.54) is 0 Å². The van der Waals surface area contributed by atoms with E-state index in [-0.39, 0.29) is 11.5 Å². The lowest BCUT2D eigenvalue weighted by Crippen LogP contribution is -2.56. The van der Waals surface area contributed by atoms with Gasteiger partial charge in [0.2, 0.25) is 5.91 Å². The molecule has 3 rings (SSSR count). The lowest BCUT2D eigenvalue weighted by molar-refractivity contribution is -0.144. The number of Topliss-reactive ketones (excluding diaryl/α,β-unsaturated/α-hetero) is 1. The van der Waals surface area contributed by atoms with E-state index in [1.807, 2.05) is 0 Å². The molecule has 0 aromatic carbocycles. The van der Waals surface area contributed by atoms with Gasteiger partial charge >= 0.3 is 0 Å². The molecule has 0 aromatic heterocycles. The first-order chi connectivity index (χ1) is 9.19. The van der Waals surface area contributed by atoms with Crippen LogP contribution in [0.5, 0.6) is 0 Å². The molecule has 1 amide bonds. The van der Waals surface area contributed by atoms with E-state index in [1.54, 1.807) is 0 Å². The molecule has 1 spiro atoms. The second-order valence-electron chi connectivity index (χ2n) is 6.61. The third-order valence-corrected chi connectivity index (χ3v) is 5.73. The maximum atomic E-state index is 12.3. The average Bonchev–Trinajstić information content (AvgIpc) is 2.76. The van der Waals surface area contributed by atoms with Crippen LogP contribution in [0.1, 0.15) is 64.7 Å². The molecule has 1 saturated carbocycles. The zero-order chi connectivity index (χ0) is 13.5. The molecule has 19 heavy (non-hydrogen) atoms. The van der Waals surface area contributed by atoms with E-state index in [9.17, 15) is 9.59 Å². The molecule has 3 nitrogen and oxygen atoms in total. The number of nitrogens with zero attached hydrogens (tertiary/aromatic N) is 1. The monoisotopic (exact) mass is 263 g/mol. The van der Waals surface area contributed by atoms with Gasteiger partial charge in [-0.15, -0.1) is 0 Å². The third-order valence-electron chi connectivity index (χ3n) is 5.73. The van der Waals surface area contributed by atoms with Gasteiger partial charge in [0.1, 0.15) is 5.78 Å². The summed E-state index contributed by atoms with van der Waals surface area (Å²) in [4.78, 5) is 26.8. The Morgan fingerprint density at radius 3 is 2.84 bits per heavy atom. The predicted molar refractivity (Wildman–Crippen MR) is 73.7 cm³/mol. The predicted octanol–water partition coefficient (Wildman–Crippen LogP) is 2.93. The Bertz CT molecular complexity index is 392.